The van der Waals surface area contributed by atoms with Gasteiger partial charge in [-0.1, -0.05) is 6.08 Å². The Balaban J connectivity index is 2.71. The monoisotopic (exact) mass is 212 g/mol. The third-order valence-electron chi connectivity index (χ3n) is 1.73. The maximum atomic E-state index is 11.8. The van der Waals surface area contributed by atoms with Gasteiger partial charge in [0.2, 0.25) is 0 Å². The zero-order valence-corrected chi connectivity index (χ0v) is 7.95. The number of carbonyl (C=O) groups is 1. The first kappa shape index (κ1) is 11.4. The van der Waals surface area contributed by atoms with Crippen LogP contribution < -0.4 is 4.74 Å². The molecule has 0 atom stereocenters. The molecule has 0 amide bonds. The molecule has 0 aliphatic carbocycles. The summed E-state index contributed by atoms with van der Waals surface area (Å²) >= 11 is 0. The predicted molar refractivity (Wildman–Crippen MR) is 52.2 cm³/mol. The molecule has 0 aliphatic rings. The van der Waals surface area contributed by atoms with Crippen molar-refractivity contribution >= 4 is 5.78 Å². The minimum absolute atomic E-state index is 0.0418. The van der Waals surface area contributed by atoms with E-state index in [0.717, 1.165) is 0 Å². The van der Waals surface area contributed by atoms with Gasteiger partial charge in [0, 0.05) is 12.0 Å². The fraction of sp³-hybridized carbons (Fsp3) is 0.182. The summed E-state index contributed by atoms with van der Waals surface area (Å²) < 4.78 is 27.7. The van der Waals surface area contributed by atoms with Crippen LogP contribution in [0.3, 0.4) is 0 Å². The summed E-state index contributed by atoms with van der Waals surface area (Å²) in [6.07, 6.45) is 1.72. The maximum Gasteiger partial charge on any atom is 0.387 e. The van der Waals surface area contributed by atoms with Gasteiger partial charge in [0.1, 0.15) is 5.75 Å². The van der Waals surface area contributed by atoms with Crippen molar-refractivity contribution in [1.82, 2.24) is 0 Å². The summed E-state index contributed by atoms with van der Waals surface area (Å²) in [6.45, 7) is 0.591. The van der Waals surface area contributed by atoms with Crippen LogP contribution in [0.4, 0.5) is 8.78 Å². The molecule has 0 fully saturated rings. The van der Waals surface area contributed by atoms with Gasteiger partial charge in [-0.3, -0.25) is 4.79 Å². The number of halogens is 2. The molecular weight excluding hydrogens is 202 g/mol. The predicted octanol–water partition coefficient (Wildman–Crippen LogP) is 3.05. The Kier molecular flexibility index (Phi) is 3.97. The van der Waals surface area contributed by atoms with Crippen molar-refractivity contribution in [2.24, 2.45) is 0 Å². The lowest BCUT2D eigenvalue weighted by atomic mass is 10.1. The van der Waals surface area contributed by atoms with Crippen LogP contribution in [0.2, 0.25) is 0 Å². The minimum Gasteiger partial charge on any atom is -0.435 e. The highest BCUT2D eigenvalue weighted by atomic mass is 19.3. The number of ether oxygens (including phenoxy) is 1. The fourth-order valence-electron chi connectivity index (χ4n) is 1.07. The Bertz CT molecular complexity index is 344. The number of ketones is 1. The Hall–Kier alpha value is -1.71. The summed E-state index contributed by atoms with van der Waals surface area (Å²) in [5.41, 5.74) is 0.455. The summed E-state index contributed by atoms with van der Waals surface area (Å²) in [6, 6.07) is 5.57. The fourth-order valence-corrected chi connectivity index (χ4v) is 1.07. The van der Waals surface area contributed by atoms with Crippen LogP contribution in [0.5, 0.6) is 5.75 Å². The number of hydrogen-bond donors (Lipinski definition) is 0. The van der Waals surface area contributed by atoms with Crippen LogP contribution in [0, 0.1) is 0 Å². The highest BCUT2D eigenvalue weighted by Crippen LogP contribution is 2.15. The Morgan fingerprint density at radius 1 is 1.40 bits per heavy atom. The van der Waals surface area contributed by atoms with Gasteiger partial charge in [-0.05, 0) is 24.3 Å². The van der Waals surface area contributed by atoms with Gasteiger partial charge in [-0.15, -0.1) is 6.58 Å². The minimum atomic E-state index is -2.85. The average molecular weight is 212 g/mol. The van der Waals surface area contributed by atoms with E-state index in [1.165, 1.54) is 30.3 Å². The van der Waals surface area contributed by atoms with Crippen LogP contribution in [-0.4, -0.2) is 12.4 Å². The molecule has 0 saturated heterocycles. The number of alkyl halides is 2. The lowest BCUT2D eigenvalue weighted by molar-refractivity contribution is -0.0498. The number of hydrogen-bond acceptors (Lipinski definition) is 2. The first-order chi connectivity index (χ1) is 7.13. The number of benzene rings is 1. The third kappa shape index (κ3) is 3.50. The van der Waals surface area contributed by atoms with E-state index >= 15 is 0 Å². The van der Waals surface area contributed by atoms with Crippen molar-refractivity contribution in [2.75, 3.05) is 0 Å². The molecular formula is C11H10F2O2. The van der Waals surface area contributed by atoms with E-state index < -0.39 is 6.61 Å². The highest BCUT2D eigenvalue weighted by Gasteiger charge is 2.06. The van der Waals surface area contributed by atoms with E-state index in [9.17, 15) is 13.6 Å². The molecule has 2 nitrogen and oxygen atoms in total. The average Bonchev–Trinajstić information content (AvgIpc) is 2.18. The summed E-state index contributed by atoms with van der Waals surface area (Å²) in [7, 11) is 0. The van der Waals surface area contributed by atoms with Crippen molar-refractivity contribution < 1.29 is 18.3 Å². The smallest absolute Gasteiger partial charge is 0.387 e. The van der Waals surface area contributed by atoms with E-state index in [0.29, 0.717) is 5.56 Å². The maximum absolute atomic E-state index is 11.8. The zero-order valence-electron chi connectivity index (χ0n) is 7.95. The van der Waals surface area contributed by atoms with E-state index in [2.05, 4.69) is 11.3 Å². The zero-order chi connectivity index (χ0) is 11.3. The van der Waals surface area contributed by atoms with Crippen LogP contribution in [0.1, 0.15) is 16.8 Å². The van der Waals surface area contributed by atoms with Gasteiger partial charge in [-0.2, -0.15) is 8.78 Å². The van der Waals surface area contributed by atoms with Gasteiger partial charge in [0.25, 0.3) is 0 Å². The second-order valence-corrected chi connectivity index (χ2v) is 2.82. The standard InChI is InChI=1S/C11H10F2O2/c1-2-3-10(14)8-4-6-9(7-5-8)15-11(12)13/h2,4-7,11H,1,3H2. The van der Waals surface area contributed by atoms with Crippen molar-refractivity contribution in [3.05, 3.63) is 42.5 Å². The molecule has 0 heterocycles. The summed E-state index contributed by atoms with van der Waals surface area (Å²) in [5.74, 6) is -0.0613. The van der Waals surface area contributed by atoms with E-state index in [1.54, 1.807) is 0 Å². The number of Topliss-reactive ketones (excluding diaryl/α,β-unsaturated/α-hetero) is 1. The molecule has 1 aromatic carbocycles. The molecule has 80 valence electrons. The van der Waals surface area contributed by atoms with Crippen LogP contribution >= 0.6 is 0 Å². The Morgan fingerprint density at radius 3 is 2.47 bits per heavy atom. The topological polar surface area (TPSA) is 26.3 Å². The second-order valence-electron chi connectivity index (χ2n) is 2.82. The lowest BCUT2D eigenvalue weighted by Gasteiger charge is -2.04. The number of carbonyl (C=O) groups excluding carboxylic acids is 1. The summed E-state index contributed by atoms with van der Waals surface area (Å²) in [5, 5.41) is 0. The van der Waals surface area contributed by atoms with E-state index in [1.807, 2.05) is 0 Å². The molecule has 0 radical (unpaired) electrons. The van der Waals surface area contributed by atoms with Crippen LogP contribution in [-0.2, 0) is 0 Å². The molecule has 0 aromatic heterocycles. The molecule has 1 aromatic rings. The normalized spacial score (nSPS) is 10.1. The second kappa shape index (κ2) is 5.24. The molecule has 0 aliphatic heterocycles. The summed E-state index contributed by atoms with van der Waals surface area (Å²) in [4.78, 5) is 11.3. The molecule has 0 N–H and O–H groups in total. The van der Waals surface area contributed by atoms with Crippen LogP contribution in [0.15, 0.2) is 36.9 Å². The first-order valence-electron chi connectivity index (χ1n) is 4.32. The molecule has 15 heavy (non-hydrogen) atoms. The van der Waals surface area contributed by atoms with E-state index in [4.69, 9.17) is 0 Å². The number of allylic oxidation sites excluding steroid dienone is 1. The molecule has 0 spiro atoms. The Morgan fingerprint density at radius 2 is 2.00 bits per heavy atom. The molecule has 4 heteroatoms. The molecule has 0 bridgehead atoms. The highest BCUT2D eigenvalue weighted by molar-refractivity contribution is 5.96. The third-order valence-corrected chi connectivity index (χ3v) is 1.73. The van der Waals surface area contributed by atoms with Gasteiger partial charge in [0.15, 0.2) is 5.78 Å². The molecule has 0 unspecified atom stereocenters. The van der Waals surface area contributed by atoms with Crippen molar-refractivity contribution in [2.45, 2.75) is 13.0 Å². The van der Waals surface area contributed by atoms with Crippen molar-refractivity contribution in [1.29, 1.82) is 0 Å². The van der Waals surface area contributed by atoms with Gasteiger partial charge in [0.05, 0.1) is 0 Å². The van der Waals surface area contributed by atoms with Crippen molar-refractivity contribution in [3.63, 3.8) is 0 Å². The quantitative estimate of drug-likeness (QED) is 0.554. The SMILES string of the molecule is C=CCC(=O)c1ccc(OC(F)F)cc1. The lowest BCUT2D eigenvalue weighted by Crippen LogP contribution is -2.02. The van der Waals surface area contributed by atoms with E-state index in [-0.39, 0.29) is 18.0 Å². The largest absolute Gasteiger partial charge is 0.435 e. The van der Waals surface area contributed by atoms with Crippen molar-refractivity contribution in [3.8, 4) is 5.75 Å². The van der Waals surface area contributed by atoms with Gasteiger partial charge < -0.3 is 4.74 Å². The first-order valence-corrected chi connectivity index (χ1v) is 4.32. The van der Waals surface area contributed by atoms with Crippen LogP contribution in [0.25, 0.3) is 0 Å². The molecule has 1 rings (SSSR count). The molecule has 0 saturated carbocycles. The van der Waals surface area contributed by atoms with Gasteiger partial charge >= 0.3 is 6.61 Å². The van der Waals surface area contributed by atoms with Gasteiger partial charge in [-0.25, -0.2) is 0 Å². The number of rotatable bonds is 5. The Labute approximate surface area is 86.2 Å².